The molecule has 0 aliphatic rings. The molecule has 6 nitrogen and oxygen atoms in total. The Kier molecular flexibility index (Phi) is 4.57. The molecular formula is C15H20N4O2. The van der Waals surface area contributed by atoms with Crippen LogP contribution in [-0.2, 0) is 6.54 Å². The third kappa shape index (κ3) is 4.05. The molecule has 0 radical (unpaired) electrons. The van der Waals surface area contributed by atoms with E-state index < -0.39 is 0 Å². The quantitative estimate of drug-likeness (QED) is 0.883. The van der Waals surface area contributed by atoms with E-state index in [9.17, 15) is 4.79 Å². The zero-order chi connectivity index (χ0) is 15.4. The van der Waals surface area contributed by atoms with Gasteiger partial charge < -0.3 is 15.2 Å². The van der Waals surface area contributed by atoms with Crippen LogP contribution in [0.25, 0.3) is 0 Å². The Bertz CT molecular complexity index is 634. The van der Waals surface area contributed by atoms with Crippen LogP contribution in [0.2, 0.25) is 0 Å². The van der Waals surface area contributed by atoms with Crippen LogP contribution in [0.15, 0.2) is 22.7 Å². The second-order valence-corrected chi connectivity index (χ2v) is 5.25. The van der Waals surface area contributed by atoms with E-state index in [4.69, 9.17) is 4.52 Å². The Morgan fingerprint density at radius 3 is 2.67 bits per heavy atom. The number of carbonyl (C=O) groups is 1. The molecule has 0 fully saturated rings. The third-order valence-corrected chi connectivity index (χ3v) is 2.91. The molecule has 0 bridgehead atoms. The average Bonchev–Trinajstić information content (AvgIpc) is 2.82. The highest BCUT2D eigenvalue weighted by Crippen LogP contribution is 2.17. The lowest BCUT2D eigenvalue weighted by Gasteiger charge is -2.11. The first-order chi connectivity index (χ1) is 9.95. The molecule has 0 atom stereocenters. The first-order valence-corrected chi connectivity index (χ1v) is 6.90. The van der Waals surface area contributed by atoms with E-state index in [1.807, 2.05) is 32.9 Å². The number of anilines is 1. The van der Waals surface area contributed by atoms with Crippen molar-refractivity contribution in [3.63, 3.8) is 0 Å². The Morgan fingerprint density at radius 2 is 2.10 bits per heavy atom. The molecule has 0 spiro atoms. The standard InChI is InChI=1S/C15H20N4O2/c1-9(2)17-15(20)12-5-6-13(10(3)7-12)16-8-14-18-11(4)19-21-14/h5-7,9,16H,8H2,1-4H3,(H,17,20). The fourth-order valence-corrected chi connectivity index (χ4v) is 1.93. The number of aryl methyl sites for hydroxylation is 2. The highest BCUT2D eigenvalue weighted by atomic mass is 16.5. The van der Waals surface area contributed by atoms with Crippen LogP contribution in [-0.4, -0.2) is 22.1 Å². The van der Waals surface area contributed by atoms with Gasteiger partial charge in [0.05, 0.1) is 6.54 Å². The molecular weight excluding hydrogens is 268 g/mol. The Balaban J connectivity index is 2.03. The molecule has 0 saturated heterocycles. The van der Waals surface area contributed by atoms with Gasteiger partial charge in [-0.1, -0.05) is 5.16 Å². The summed E-state index contributed by atoms with van der Waals surface area (Å²) in [5, 5.41) is 9.83. The summed E-state index contributed by atoms with van der Waals surface area (Å²) in [7, 11) is 0. The third-order valence-electron chi connectivity index (χ3n) is 2.91. The number of hydrogen-bond acceptors (Lipinski definition) is 5. The van der Waals surface area contributed by atoms with Crippen molar-refractivity contribution < 1.29 is 9.32 Å². The molecule has 1 aromatic carbocycles. The highest BCUT2D eigenvalue weighted by molar-refractivity contribution is 5.95. The van der Waals surface area contributed by atoms with E-state index in [0.29, 0.717) is 23.8 Å². The van der Waals surface area contributed by atoms with Crippen LogP contribution in [0.5, 0.6) is 0 Å². The smallest absolute Gasteiger partial charge is 0.251 e. The summed E-state index contributed by atoms with van der Waals surface area (Å²) in [4.78, 5) is 16.1. The first-order valence-electron chi connectivity index (χ1n) is 6.90. The predicted octanol–water partition coefficient (Wildman–Crippen LogP) is 2.44. The van der Waals surface area contributed by atoms with Crippen LogP contribution in [0.1, 0.15) is 41.5 Å². The molecule has 1 heterocycles. The minimum atomic E-state index is -0.0628. The summed E-state index contributed by atoms with van der Waals surface area (Å²) in [5.74, 6) is 1.09. The maximum absolute atomic E-state index is 11.9. The molecule has 1 aromatic heterocycles. The van der Waals surface area contributed by atoms with Crippen molar-refractivity contribution in [3.05, 3.63) is 41.0 Å². The van der Waals surface area contributed by atoms with Gasteiger partial charge in [-0.05, 0) is 51.5 Å². The number of hydrogen-bond donors (Lipinski definition) is 2. The topological polar surface area (TPSA) is 80.0 Å². The van der Waals surface area contributed by atoms with Gasteiger partial charge in [-0.2, -0.15) is 4.98 Å². The van der Waals surface area contributed by atoms with E-state index in [2.05, 4.69) is 20.8 Å². The van der Waals surface area contributed by atoms with Gasteiger partial charge in [-0.3, -0.25) is 4.79 Å². The summed E-state index contributed by atoms with van der Waals surface area (Å²) >= 11 is 0. The number of benzene rings is 1. The van der Waals surface area contributed by atoms with Gasteiger partial charge in [0.15, 0.2) is 5.82 Å². The fraction of sp³-hybridized carbons (Fsp3) is 0.400. The largest absolute Gasteiger partial charge is 0.376 e. The Morgan fingerprint density at radius 1 is 1.33 bits per heavy atom. The predicted molar refractivity (Wildman–Crippen MR) is 80.1 cm³/mol. The van der Waals surface area contributed by atoms with Crippen molar-refractivity contribution in [1.29, 1.82) is 0 Å². The van der Waals surface area contributed by atoms with Crippen molar-refractivity contribution in [2.24, 2.45) is 0 Å². The summed E-state index contributed by atoms with van der Waals surface area (Å²) < 4.78 is 5.04. The van der Waals surface area contributed by atoms with Gasteiger partial charge in [0, 0.05) is 17.3 Å². The van der Waals surface area contributed by atoms with E-state index in [1.165, 1.54) is 0 Å². The van der Waals surface area contributed by atoms with Crippen LogP contribution < -0.4 is 10.6 Å². The van der Waals surface area contributed by atoms with Gasteiger partial charge in [-0.15, -0.1) is 0 Å². The molecule has 112 valence electrons. The molecule has 0 aliphatic carbocycles. The minimum absolute atomic E-state index is 0.0628. The number of carbonyl (C=O) groups excluding carboxylic acids is 1. The number of rotatable bonds is 5. The van der Waals surface area contributed by atoms with Crippen LogP contribution in [0.4, 0.5) is 5.69 Å². The van der Waals surface area contributed by atoms with Crippen LogP contribution in [0, 0.1) is 13.8 Å². The molecule has 0 saturated carbocycles. The number of nitrogens with one attached hydrogen (secondary N) is 2. The molecule has 6 heteroatoms. The van der Waals surface area contributed by atoms with Gasteiger partial charge in [0.2, 0.25) is 5.89 Å². The second kappa shape index (κ2) is 6.39. The van der Waals surface area contributed by atoms with Crippen molar-refractivity contribution >= 4 is 11.6 Å². The molecule has 0 aliphatic heterocycles. The average molecular weight is 288 g/mol. The first kappa shape index (κ1) is 15.0. The Labute approximate surface area is 123 Å². The number of amides is 1. The van der Waals surface area contributed by atoms with Crippen molar-refractivity contribution in [2.45, 2.75) is 40.3 Å². The van der Waals surface area contributed by atoms with Crippen molar-refractivity contribution in [1.82, 2.24) is 15.5 Å². The zero-order valence-corrected chi connectivity index (χ0v) is 12.7. The molecule has 2 rings (SSSR count). The maximum Gasteiger partial charge on any atom is 0.251 e. The van der Waals surface area contributed by atoms with Crippen LogP contribution >= 0.6 is 0 Å². The number of nitrogens with zero attached hydrogens (tertiary/aromatic N) is 2. The van der Waals surface area contributed by atoms with Gasteiger partial charge in [-0.25, -0.2) is 0 Å². The molecule has 2 aromatic rings. The lowest BCUT2D eigenvalue weighted by Crippen LogP contribution is -2.30. The minimum Gasteiger partial charge on any atom is -0.376 e. The van der Waals surface area contributed by atoms with Gasteiger partial charge in [0.25, 0.3) is 5.91 Å². The lowest BCUT2D eigenvalue weighted by molar-refractivity contribution is 0.0943. The monoisotopic (exact) mass is 288 g/mol. The normalized spacial score (nSPS) is 10.7. The molecule has 2 N–H and O–H groups in total. The fourth-order valence-electron chi connectivity index (χ4n) is 1.93. The van der Waals surface area contributed by atoms with E-state index in [-0.39, 0.29) is 11.9 Å². The van der Waals surface area contributed by atoms with E-state index >= 15 is 0 Å². The molecule has 0 unspecified atom stereocenters. The lowest BCUT2D eigenvalue weighted by atomic mass is 10.1. The van der Waals surface area contributed by atoms with Crippen molar-refractivity contribution in [2.75, 3.05) is 5.32 Å². The SMILES string of the molecule is Cc1noc(CNc2ccc(C(=O)NC(C)C)cc2C)n1. The molecule has 1 amide bonds. The zero-order valence-electron chi connectivity index (χ0n) is 12.7. The second-order valence-electron chi connectivity index (χ2n) is 5.25. The van der Waals surface area contributed by atoms with Crippen molar-refractivity contribution in [3.8, 4) is 0 Å². The van der Waals surface area contributed by atoms with Crippen LogP contribution in [0.3, 0.4) is 0 Å². The number of aromatic nitrogens is 2. The van der Waals surface area contributed by atoms with E-state index in [1.54, 1.807) is 13.0 Å². The van der Waals surface area contributed by atoms with E-state index in [0.717, 1.165) is 11.3 Å². The highest BCUT2D eigenvalue weighted by Gasteiger charge is 2.09. The maximum atomic E-state index is 11.9. The summed E-state index contributed by atoms with van der Waals surface area (Å²) in [5.41, 5.74) is 2.58. The summed E-state index contributed by atoms with van der Waals surface area (Å²) in [6.45, 7) is 8.06. The van der Waals surface area contributed by atoms with Gasteiger partial charge >= 0.3 is 0 Å². The Hall–Kier alpha value is -2.37. The molecule has 21 heavy (non-hydrogen) atoms. The summed E-state index contributed by atoms with van der Waals surface area (Å²) in [6, 6.07) is 5.66. The van der Waals surface area contributed by atoms with Gasteiger partial charge in [0.1, 0.15) is 0 Å². The summed E-state index contributed by atoms with van der Waals surface area (Å²) in [6.07, 6.45) is 0.